The lowest BCUT2D eigenvalue weighted by Crippen LogP contribution is -2.47. The van der Waals surface area contributed by atoms with Crippen molar-refractivity contribution in [3.63, 3.8) is 0 Å². The zero-order chi connectivity index (χ0) is 16.4. The molecule has 1 saturated heterocycles. The number of benzene rings is 1. The quantitative estimate of drug-likeness (QED) is 0.931. The number of nitrogens with zero attached hydrogens (tertiary/aromatic N) is 2. The summed E-state index contributed by atoms with van der Waals surface area (Å²) >= 11 is 0. The molecule has 1 aliphatic rings. The molecule has 1 unspecified atom stereocenters. The smallest absolute Gasteiger partial charge is 0.306 e. The number of hydrogen-bond acceptors (Lipinski definition) is 3. The van der Waals surface area contributed by atoms with Gasteiger partial charge < -0.3 is 19.3 Å². The molecule has 1 N–H and O–H groups in total. The van der Waals surface area contributed by atoms with Crippen LogP contribution in [0.4, 0.5) is 0 Å². The summed E-state index contributed by atoms with van der Waals surface area (Å²) in [6.07, 6.45) is -0.498. The second kappa shape index (κ2) is 6.42. The highest BCUT2D eigenvalue weighted by atomic mass is 16.5. The van der Waals surface area contributed by atoms with E-state index < -0.39 is 12.1 Å². The number of carboxylic acid groups (broad SMARTS) is 1. The van der Waals surface area contributed by atoms with Gasteiger partial charge in [0, 0.05) is 24.3 Å². The van der Waals surface area contributed by atoms with Crippen molar-refractivity contribution in [3.05, 3.63) is 36.0 Å². The first-order chi connectivity index (χ1) is 11.0. The Labute approximate surface area is 134 Å². The Morgan fingerprint density at radius 3 is 2.91 bits per heavy atom. The van der Waals surface area contributed by atoms with Crippen molar-refractivity contribution in [2.45, 2.75) is 26.0 Å². The molecule has 6 heteroatoms. The maximum Gasteiger partial charge on any atom is 0.306 e. The summed E-state index contributed by atoms with van der Waals surface area (Å²) in [5.41, 5.74) is 2.07. The highest BCUT2D eigenvalue weighted by molar-refractivity contribution is 5.84. The van der Waals surface area contributed by atoms with Gasteiger partial charge in [0.1, 0.15) is 6.54 Å². The molecule has 0 aliphatic carbocycles. The standard InChI is InChI=1S/C17H20N2O4/c1-12-8-13-4-2-3-5-15(13)19(12)11-16(20)18-6-7-23-14(10-18)9-17(21)22/h2-5,8,14H,6-7,9-11H2,1H3,(H,21,22). The molecular formula is C17H20N2O4. The molecule has 3 rings (SSSR count). The summed E-state index contributed by atoms with van der Waals surface area (Å²) in [5, 5.41) is 9.98. The van der Waals surface area contributed by atoms with E-state index in [0.29, 0.717) is 19.7 Å². The van der Waals surface area contributed by atoms with E-state index in [4.69, 9.17) is 9.84 Å². The Bertz CT molecular complexity index is 737. The molecule has 6 nitrogen and oxygen atoms in total. The van der Waals surface area contributed by atoms with Crippen molar-refractivity contribution in [1.29, 1.82) is 0 Å². The number of aliphatic carboxylic acids is 1. The number of amides is 1. The Morgan fingerprint density at radius 1 is 1.35 bits per heavy atom. The van der Waals surface area contributed by atoms with Gasteiger partial charge in [-0.3, -0.25) is 9.59 Å². The zero-order valence-electron chi connectivity index (χ0n) is 13.1. The van der Waals surface area contributed by atoms with Crippen molar-refractivity contribution in [1.82, 2.24) is 9.47 Å². The predicted molar refractivity (Wildman–Crippen MR) is 85.2 cm³/mol. The van der Waals surface area contributed by atoms with Crippen LogP contribution in [0.3, 0.4) is 0 Å². The minimum Gasteiger partial charge on any atom is -0.481 e. The summed E-state index contributed by atoms with van der Waals surface area (Å²) in [5.74, 6) is -0.912. The lowest BCUT2D eigenvalue weighted by molar-refractivity contribution is -0.148. The maximum atomic E-state index is 12.6. The van der Waals surface area contributed by atoms with Crippen LogP contribution >= 0.6 is 0 Å². The van der Waals surface area contributed by atoms with Gasteiger partial charge in [-0.05, 0) is 24.4 Å². The van der Waals surface area contributed by atoms with E-state index in [0.717, 1.165) is 16.6 Å². The van der Waals surface area contributed by atoms with Crippen LogP contribution in [-0.4, -0.2) is 52.3 Å². The lowest BCUT2D eigenvalue weighted by atomic mass is 10.2. The van der Waals surface area contributed by atoms with E-state index >= 15 is 0 Å². The molecule has 1 aromatic heterocycles. The number of fused-ring (bicyclic) bond motifs is 1. The fraction of sp³-hybridized carbons (Fsp3) is 0.412. The molecule has 1 atom stereocenters. The molecule has 0 bridgehead atoms. The van der Waals surface area contributed by atoms with E-state index in [1.807, 2.05) is 35.8 Å². The molecule has 0 radical (unpaired) electrons. The van der Waals surface area contributed by atoms with Gasteiger partial charge >= 0.3 is 5.97 Å². The molecule has 1 amide bonds. The van der Waals surface area contributed by atoms with Gasteiger partial charge in [-0.25, -0.2) is 0 Å². The van der Waals surface area contributed by atoms with Gasteiger partial charge in [0.2, 0.25) is 5.91 Å². The number of para-hydroxylation sites is 1. The zero-order valence-corrected chi connectivity index (χ0v) is 13.1. The number of ether oxygens (including phenoxy) is 1. The summed E-state index contributed by atoms with van der Waals surface area (Å²) in [6.45, 7) is 3.48. The molecule has 122 valence electrons. The number of carbonyl (C=O) groups excluding carboxylic acids is 1. The SMILES string of the molecule is Cc1cc2ccccc2n1CC(=O)N1CCOC(CC(=O)O)C1. The molecule has 0 saturated carbocycles. The van der Waals surface area contributed by atoms with E-state index in [2.05, 4.69) is 6.07 Å². The minimum absolute atomic E-state index is 0.00635. The Hall–Kier alpha value is -2.34. The Morgan fingerprint density at radius 2 is 2.13 bits per heavy atom. The van der Waals surface area contributed by atoms with Gasteiger partial charge in [-0.15, -0.1) is 0 Å². The first-order valence-corrected chi connectivity index (χ1v) is 7.70. The van der Waals surface area contributed by atoms with Crippen LogP contribution in [0, 0.1) is 6.92 Å². The molecule has 1 aliphatic heterocycles. The summed E-state index contributed by atoms with van der Waals surface area (Å²) in [6, 6.07) is 10.0. The highest BCUT2D eigenvalue weighted by Crippen LogP contribution is 2.19. The highest BCUT2D eigenvalue weighted by Gasteiger charge is 2.26. The van der Waals surface area contributed by atoms with Crippen molar-refractivity contribution >= 4 is 22.8 Å². The van der Waals surface area contributed by atoms with E-state index in [-0.39, 0.29) is 18.9 Å². The van der Waals surface area contributed by atoms with Crippen molar-refractivity contribution in [2.24, 2.45) is 0 Å². The number of hydrogen-bond donors (Lipinski definition) is 1. The first-order valence-electron chi connectivity index (χ1n) is 7.70. The van der Waals surface area contributed by atoms with Crippen molar-refractivity contribution in [3.8, 4) is 0 Å². The third-order valence-electron chi connectivity index (χ3n) is 4.20. The second-order valence-corrected chi connectivity index (χ2v) is 5.86. The summed E-state index contributed by atoms with van der Waals surface area (Å²) < 4.78 is 7.42. The number of morpholine rings is 1. The number of aryl methyl sites for hydroxylation is 1. The van der Waals surface area contributed by atoms with Crippen LogP contribution in [-0.2, 0) is 20.9 Å². The molecule has 1 aromatic carbocycles. The van der Waals surface area contributed by atoms with Crippen LogP contribution in [0.5, 0.6) is 0 Å². The molecule has 2 heterocycles. The predicted octanol–water partition coefficient (Wildman–Crippen LogP) is 1.65. The largest absolute Gasteiger partial charge is 0.481 e. The average Bonchev–Trinajstić information content (AvgIpc) is 2.83. The van der Waals surface area contributed by atoms with Gasteiger partial charge in [0.15, 0.2) is 0 Å². The number of carbonyl (C=O) groups is 2. The number of rotatable bonds is 4. The fourth-order valence-corrected chi connectivity index (χ4v) is 3.06. The van der Waals surface area contributed by atoms with E-state index in [9.17, 15) is 9.59 Å². The first kappa shape index (κ1) is 15.6. The molecule has 1 fully saturated rings. The van der Waals surface area contributed by atoms with Crippen LogP contribution < -0.4 is 0 Å². The maximum absolute atomic E-state index is 12.6. The van der Waals surface area contributed by atoms with E-state index in [1.54, 1.807) is 4.90 Å². The Kier molecular flexibility index (Phi) is 4.34. The van der Waals surface area contributed by atoms with Gasteiger partial charge in [-0.2, -0.15) is 0 Å². The summed E-state index contributed by atoms with van der Waals surface area (Å²) in [4.78, 5) is 25.1. The molecule has 2 aromatic rings. The van der Waals surface area contributed by atoms with Crippen LogP contribution in [0.15, 0.2) is 30.3 Å². The van der Waals surface area contributed by atoms with Crippen LogP contribution in [0.2, 0.25) is 0 Å². The number of aromatic nitrogens is 1. The van der Waals surface area contributed by atoms with E-state index in [1.165, 1.54) is 0 Å². The fourth-order valence-electron chi connectivity index (χ4n) is 3.06. The topological polar surface area (TPSA) is 71.8 Å². The lowest BCUT2D eigenvalue weighted by Gasteiger charge is -2.32. The van der Waals surface area contributed by atoms with Crippen molar-refractivity contribution in [2.75, 3.05) is 19.7 Å². The van der Waals surface area contributed by atoms with Crippen molar-refractivity contribution < 1.29 is 19.4 Å². The molecule has 0 spiro atoms. The Balaban J connectivity index is 1.73. The average molecular weight is 316 g/mol. The van der Waals surface area contributed by atoms with Gasteiger partial charge in [0.25, 0.3) is 0 Å². The third kappa shape index (κ3) is 3.37. The van der Waals surface area contributed by atoms with Crippen LogP contribution in [0.1, 0.15) is 12.1 Å². The summed E-state index contributed by atoms with van der Waals surface area (Å²) in [7, 11) is 0. The molecule has 23 heavy (non-hydrogen) atoms. The normalized spacial score (nSPS) is 18.3. The van der Waals surface area contributed by atoms with Crippen LogP contribution in [0.25, 0.3) is 10.9 Å². The monoisotopic (exact) mass is 316 g/mol. The van der Waals surface area contributed by atoms with Gasteiger partial charge in [-0.1, -0.05) is 18.2 Å². The second-order valence-electron chi connectivity index (χ2n) is 5.86. The number of carboxylic acids is 1. The third-order valence-corrected chi connectivity index (χ3v) is 4.20. The molecular weight excluding hydrogens is 296 g/mol. The van der Waals surface area contributed by atoms with Gasteiger partial charge in [0.05, 0.1) is 19.1 Å². The minimum atomic E-state index is -0.906.